The standard InChI is InChI=1S/C22H28N2O4/c1-26-20-9-7-17(13-21(20)27-2)8-10-22(25)24(16-19-6-4-12-28-19)15-18-5-3-11-23-14-18/h3,5,7,9,11,13-14,19H,4,6,8,10,12,15-16H2,1-2H3. The van der Waals surface area contributed by atoms with E-state index < -0.39 is 0 Å². The van der Waals surface area contributed by atoms with E-state index in [9.17, 15) is 4.79 Å². The van der Waals surface area contributed by atoms with E-state index >= 15 is 0 Å². The average Bonchev–Trinajstić information content (AvgIpc) is 3.25. The first-order chi connectivity index (χ1) is 13.7. The van der Waals surface area contributed by atoms with Crippen LogP contribution in [0.2, 0.25) is 0 Å². The summed E-state index contributed by atoms with van der Waals surface area (Å²) in [5.41, 5.74) is 2.07. The highest BCUT2D eigenvalue weighted by Gasteiger charge is 2.23. The van der Waals surface area contributed by atoms with Crippen LogP contribution in [-0.2, 0) is 22.5 Å². The third-order valence-corrected chi connectivity index (χ3v) is 4.97. The largest absolute Gasteiger partial charge is 0.493 e. The van der Waals surface area contributed by atoms with Crippen LogP contribution in [0.5, 0.6) is 11.5 Å². The zero-order valence-electron chi connectivity index (χ0n) is 16.6. The van der Waals surface area contributed by atoms with Crippen molar-refractivity contribution in [3.63, 3.8) is 0 Å². The van der Waals surface area contributed by atoms with Crippen molar-refractivity contribution in [2.24, 2.45) is 0 Å². The fourth-order valence-electron chi connectivity index (χ4n) is 3.45. The van der Waals surface area contributed by atoms with Gasteiger partial charge in [-0.25, -0.2) is 0 Å². The van der Waals surface area contributed by atoms with Gasteiger partial charge in [0.2, 0.25) is 5.91 Å². The van der Waals surface area contributed by atoms with Crippen LogP contribution >= 0.6 is 0 Å². The van der Waals surface area contributed by atoms with Crippen molar-refractivity contribution in [2.45, 2.75) is 38.3 Å². The number of aromatic nitrogens is 1. The first-order valence-electron chi connectivity index (χ1n) is 9.68. The Balaban J connectivity index is 1.64. The lowest BCUT2D eigenvalue weighted by molar-refractivity contribution is -0.133. The summed E-state index contributed by atoms with van der Waals surface area (Å²) in [6.07, 6.45) is 6.83. The molecule has 0 saturated carbocycles. The maximum atomic E-state index is 13.0. The minimum atomic E-state index is 0.120. The Morgan fingerprint density at radius 2 is 2.07 bits per heavy atom. The van der Waals surface area contributed by atoms with Gasteiger partial charge in [-0.15, -0.1) is 0 Å². The molecule has 0 radical (unpaired) electrons. The zero-order chi connectivity index (χ0) is 19.8. The second-order valence-corrected chi connectivity index (χ2v) is 6.96. The molecule has 1 aromatic carbocycles. The van der Waals surface area contributed by atoms with E-state index in [0.29, 0.717) is 37.4 Å². The smallest absolute Gasteiger partial charge is 0.223 e. The summed E-state index contributed by atoms with van der Waals surface area (Å²) in [6.45, 7) is 1.96. The first kappa shape index (κ1) is 20.1. The quantitative estimate of drug-likeness (QED) is 0.664. The Morgan fingerprint density at radius 1 is 1.21 bits per heavy atom. The predicted molar refractivity (Wildman–Crippen MR) is 106 cm³/mol. The van der Waals surface area contributed by atoms with Crippen LogP contribution in [0.3, 0.4) is 0 Å². The van der Waals surface area contributed by atoms with E-state index in [1.54, 1.807) is 20.4 Å². The molecule has 28 heavy (non-hydrogen) atoms. The van der Waals surface area contributed by atoms with Gasteiger partial charge < -0.3 is 19.1 Å². The van der Waals surface area contributed by atoms with Crippen LogP contribution in [0.25, 0.3) is 0 Å². The maximum absolute atomic E-state index is 13.0. The van der Waals surface area contributed by atoms with E-state index in [4.69, 9.17) is 14.2 Å². The molecule has 1 amide bonds. The van der Waals surface area contributed by atoms with Crippen LogP contribution < -0.4 is 9.47 Å². The van der Waals surface area contributed by atoms with Crippen molar-refractivity contribution in [3.8, 4) is 11.5 Å². The topological polar surface area (TPSA) is 60.9 Å². The number of rotatable bonds is 9. The van der Waals surface area contributed by atoms with Crippen molar-refractivity contribution in [3.05, 3.63) is 53.9 Å². The fraction of sp³-hybridized carbons (Fsp3) is 0.455. The molecule has 1 saturated heterocycles. The Hall–Kier alpha value is -2.60. The molecule has 1 aliphatic heterocycles. The molecular formula is C22H28N2O4. The molecular weight excluding hydrogens is 356 g/mol. The molecule has 2 heterocycles. The van der Waals surface area contributed by atoms with Crippen LogP contribution in [0.15, 0.2) is 42.7 Å². The van der Waals surface area contributed by atoms with E-state index in [1.165, 1.54) is 0 Å². The van der Waals surface area contributed by atoms with Crippen molar-refractivity contribution in [2.75, 3.05) is 27.4 Å². The average molecular weight is 384 g/mol. The lowest BCUT2D eigenvalue weighted by Gasteiger charge is -2.25. The molecule has 0 bridgehead atoms. The molecule has 0 spiro atoms. The molecule has 0 N–H and O–H groups in total. The van der Waals surface area contributed by atoms with E-state index in [0.717, 1.165) is 30.6 Å². The van der Waals surface area contributed by atoms with Crippen LogP contribution in [-0.4, -0.2) is 49.3 Å². The second-order valence-electron chi connectivity index (χ2n) is 6.96. The molecule has 1 aliphatic rings. The number of pyridine rings is 1. The Morgan fingerprint density at radius 3 is 2.75 bits per heavy atom. The van der Waals surface area contributed by atoms with Gasteiger partial charge in [-0.05, 0) is 48.6 Å². The summed E-state index contributed by atoms with van der Waals surface area (Å²) < 4.78 is 16.4. The highest BCUT2D eigenvalue weighted by Crippen LogP contribution is 2.28. The number of carbonyl (C=O) groups is 1. The monoisotopic (exact) mass is 384 g/mol. The lowest BCUT2D eigenvalue weighted by Crippen LogP contribution is -2.37. The van der Waals surface area contributed by atoms with Crippen LogP contribution in [0, 0.1) is 0 Å². The van der Waals surface area contributed by atoms with Gasteiger partial charge >= 0.3 is 0 Å². The summed E-state index contributed by atoms with van der Waals surface area (Å²) >= 11 is 0. The van der Waals surface area contributed by atoms with E-state index in [-0.39, 0.29) is 12.0 Å². The molecule has 6 heteroatoms. The molecule has 2 aromatic rings. The third-order valence-electron chi connectivity index (χ3n) is 4.97. The molecule has 1 atom stereocenters. The Bertz CT molecular complexity index is 760. The molecule has 1 fully saturated rings. The number of hydrogen-bond donors (Lipinski definition) is 0. The van der Waals surface area contributed by atoms with Gasteiger partial charge in [0.25, 0.3) is 0 Å². The van der Waals surface area contributed by atoms with Crippen LogP contribution in [0.1, 0.15) is 30.4 Å². The van der Waals surface area contributed by atoms with Gasteiger partial charge in [0.1, 0.15) is 0 Å². The summed E-state index contributed by atoms with van der Waals surface area (Å²) in [5.74, 6) is 1.49. The highest BCUT2D eigenvalue weighted by atomic mass is 16.5. The predicted octanol–water partition coefficient (Wildman–Crippen LogP) is 3.24. The Kier molecular flexibility index (Phi) is 7.25. The summed E-state index contributed by atoms with van der Waals surface area (Å²) in [4.78, 5) is 19.0. The fourth-order valence-corrected chi connectivity index (χ4v) is 3.45. The third kappa shape index (κ3) is 5.45. The number of methoxy groups -OCH3 is 2. The molecule has 1 unspecified atom stereocenters. The van der Waals surface area contributed by atoms with Crippen molar-refractivity contribution in [1.82, 2.24) is 9.88 Å². The van der Waals surface area contributed by atoms with Gasteiger partial charge in [0.15, 0.2) is 11.5 Å². The molecule has 3 rings (SSSR count). The second kappa shape index (κ2) is 10.1. The van der Waals surface area contributed by atoms with E-state index in [1.807, 2.05) is 41.4 Å². The SMILES string of the molecule is COc1ccc(CCC(=O)N(Cc2cccnc2)CC2CCCO2)cc1OC. The summed E-state index contributed by atoms with van der Waals surface area (Å²) in [5, 5.41) is 0. The van der Waals surface area contributed by atoms with Gasteiger partial charge in [-0.2, -0.15) is 0 Å². The molecule has 150 valence electrons. The number of hydrogen-bond acceptors (Lipinski definition) is 5. The first-order valence-corrected chi connectivity index (χ1v) is 9.68. The van der Waals surface area contributed by atoms with Gasteiger partial charge in [0, 0.05) is 38.5 Å². The maximum Gasteiger partial charge on any atom is 0.223 e. The highest BCUT2D eigenvalue weighted by molar-refractivity contribution is 5.76. The van der Waals surface area contributed by atoms with Crippen molar-refractivity contribution in [1.29, 1.82) is 0 Å². The van der Waals surface area contributed by atoms with Crippen molar-refractivity contribution < 1.29 is 19.0 Å². The minimum absolute atomic E-state index is 0.120. The van der Waals surface area contributed by atoms with Gasteiger partial charge in [0.05, 0.1) is 20.3 Å². The van der Waals surface area contributed by atoms with E-state index in [2.05, 4.69) is 4.98 Å². The molecule has 1 aromatic heterocycles. The Labute approximate surface area is 166 Å². The summed E-state index contributed by atoms with van der Waals surface area (Å²) in [7, 11) is 3.23. The van der Waals surface area contributed by atoms with Crippen LogP contribution in [0.4, 0.5) is 0 Å². The minimum Gasteiger partial charge on any atom is -0.493 e. The number of amides is 1. The number of nitrogens with zero attached hydrogens (tertiary/aromatic N) is 2. The van der Waals surface area contributed by atoms with Gasteiger partial charge in [-0.3, -0.25) is 9.78 Å². The summed E-state index contributed by atoms with van der Waals surface area (Å²) in [6, 6.07) is 9.67. The number of aryl methyl sites for hydroxylation is 1. The number of benzene rings is 1. The lowest BCUT2D eigenvalue weighted by atomic mass is 10.1. The number of carbonyl (C=O) groups excluding carboxylic acids is 1. The normalized spacial score (nSPS) is 16.0. The number of ether oxygens (including phenoxy) is 3. The zero-order valence-corrected chi connectivity index (χ0v) is 16.6. The molecule has 0 aliphatic carbocycles. The molecule has 6 nitrogen and oxygen atoms in total. The van der Waals surface area contributed by atoms with Crippen molar-refractivity contribution >= 4 is 5.91 Å². The van der Waals surface area contributed by atoms with Gasteiger partial charge in [-0.1, -0.05) is 12.1 Å².